The quantitative estimate of drug-likeness (QED) is 0.752. The lowest BCUT2D eigenvalue weighted by Gasteiger charge is -2.15. The maximum Gasteiger partial charge on any atom is 0.255 e. The minimum atomic E-state index is -0.221. The van der Waals surface area contributed by atoms with E-state index in [4.69, 9.17) is 4.74 Å². The van der Waals surface area contributed by atoms with Crippen LogP contribution in [0.4, 0.5) is 11.4 Å². The van der Waals surface area contributed by atoms with E-state index in [1.807, 2.05) is 39.0 Å². The summed E-state index contributed by atoms with van der Waals surface area (Å²) in [6.07, 6.45) is 1.39. The van der Waals surface area contributed by atoms with Crippen molar-refractivity contribution < 1.29 is 14.3 Å². The van der Waals surface area contributed by atoms with Gasteiger partial charge in [-0.25, -0.2) is 0 Å². The number of anilines is 2. The Bertz CT molecular complexity index is 787. The lowest BCUT2D eigenvalue weighted by molar-refractivity contribution is -0.115. The van der Waals surface area contributed by atoms with E-state index in [0.29, 0.717) is 29.1 Å². The van der Waals surface area contributed by atoms with E-state index in [0.717, 1.165) is 12.0 Å². The standard InChI is InChI=1S/C21H26N2O3/c1-5-14(3)26-17-10-7-9-16(13-17)21(25)23-19-12-8-11-18(15(19)4)22-20(24)6-2/h7-14H,5-6H2,1-4H3,(H,22,24)(H,23,25). The Kier molecular flexibility index (Phi) is 6.78. The molecule has 2 aromatic carbocycles. The maximum atomic E-state index is 12.6. The van der Waals surface area contributed by atoms with Gasteiger partial charge in [-0.2, -0.15) is 0 Å². The molecule has 0 saturated heterocycles. The van der Waals surface area contributed by atoms with E-state index >= 15 is 0 Å². The van der Waals surface area contributed by atoms with Crippen molar-refractivity contribution in [3.05, 3.63) is 53.6 Å². The predicted molar refractivity (Wildman–Crippen MR) is 105 cm³/mol. The summed E-state index contributed by atoms with van der Waals surface area (Å²) in [6.45, 7) is 7.70. The van der Waals surface area contributed by atoms with Crippen molar-refractivity contribution in [2.24, 2.45) is 0 Å². The van der Waals surface area contributed by atoms with Crippen LogP contribution in [0.1, 0.15) is 49.5 Å². The fourth-order valence-corrected chi connectivity index (χ4v) is 2.37. The molecule has 0 heterocycles. The second-order valence-corrected chi connectivity index (χ2v) is 6.20. The first kappa shape index (κ1) is 19.5. The fourth-order valence-electron chi connectivity index (χ4n) is 2.37. The Morgan fingerprint density at radius 3 is 2.35 bits per heavy atom. The van der Waals surface area contributed by atoms with Crippen molar-refractivity contribution in [2.75, 3.05) is 10.6 Å². The molecule has 138 valence electrons. The largest absolute Gasteiger partial charge is 0.491 e. The minimum Gasteiger partial charge on any atom is -0.491 e. The Hall–Kier alpha value is -2.82. The van der Waals surface area contributed by atoms with Gasteiger partial charge in [-0.15, -0.1) is 0 Å². The van der Waals surface area contributed by atoms with E-state index in [-0.39, 0.29) is 17.9 Å². The van der Waals surface area contributed by atoms with Gasteiger partial charge in [0.05, 0.1) is 6.10 Å². The van der Waals surface area contributed by atoms with Crippen molar-refractivity contribution in [2.45, 2.75) is 46.6 Å². The number of rotatable bonds is 7. The highest BCUT2D eigenvalue weighted by molar-refractivity contribution is 6.05. The molecule has 0 fully saturated rings. The molecule has 2 amide bonds. The molecule has 5 nitrogen and oxygen atoms in total. The molecule has 26 heavy (non-hydrogen) atoms. The van der Waals surface area contributed by atoms with Crippen molar-refractivity contribution in [3.63, 3.8) is 0 Å². The van der Waals surface area contributed by atoms with Gasteiger partial charge in [-0.05, 0) is 56.2 Å². The normalized spacial score (nSPS) is 11.5. The highest BCUT2D eigenvalue weighted by atomic mass is 16.5. The summed E-state index contributed by atoms with van der Waals surface area (Å²) in [5.74, 6) is 0.390. The molecule has 0 aromatic heterocycles. The number of ether oxygens (including phenoxy) is 1. The SMILES string of the molecule is CCC(=O)Nc1cccc(NC(=O)c2cccc(OC(C)CC)c2)c1C. The van der Waals surface area contributed by atoms with Crippen LogP contribution in [0.3, 0.4) is 0 Å². The highest BCUT2D eigenvalue weighted by Gasteiger charge is 2.12. The predicted octanol–water partition coefficient (Wildman–Crippen LogP) is 4.77. The topological polar surface area (TPSA) is 67.4 Å². The molecular weight excluding hydrogens is 328 g/mol. The van der Waals surface area contributed by atoms with Gasteiger partial charge in [0.1, 0.15) is 5.75 Å². The summed E-state index contributed by atoms with van der Waals surface area (Å²) >= 11 is 0. The number of amides is 2. The number of nitrogens with one attached hydrogen (secondary N) is 2. The Morgan fingerprint density at radius 1 is 1.04 bits per heavy atom. The zero-order chi connectivity index (χ0) is 19.1. The summed E-state index contributed by atoms with van der Waals surface area (Å²) in [6, 6.07) is 12.6. The first-order chi connectivity index (χ1) is 12.4. The summed E-state index contributed by atoms with van der Waals surface area (Å²) < 4.78 is 5.78. The second kappa shape index (κ2) is 9.04. The van der Waals surface area contributed by atoms with Gasteiger partial charge in [0.25, 0.3) is 5.91 Å². The first-order valence-corrected chi connectivity index (χ1v) is 8.92. The molecule has 1 atom stereocenters. The molecule has 0 bridgehead atoms. The Balaban J connectivity index is 2.16. The van der Waals surface area contributed by atoms with E-state index in [2.05, 4.69) is 10.6 Å². The van der Waals surface area contributed by atoms with Crippen molar-refractivity contribution >= 4 is 23.2 Å². The molecule has 0 spiro atoms. The zero-order valence-electron chi connectivity index (χ0n) is 15.8. The maximum absolute atomic E-state index is 12.6. The summed E-state index contributed by atoms with van der Waals surface area (Å²) in [7, 11) is 0. The Labute approximate surface area is 154 Å². The molecule has 0 aliphatic rings. The van der Waals surface area contributed by atoms with E-state index < -0.39 is 0 Å². The fraction of sp³-hybridized carbons (Fsp3) is 0.333. The van der Waals surface area contributed by atoms with Crippen LogP contribution in [-0.4, -0.2) is 17.9 Å². The van der Waals surface area contributed by atoms with Gasteiger partial charge in [-0.1, -0.05) is 26.0 Å². The van der Waals surface area contributed by atoms with Gasteiger partial charge in [-0.3, -0.25) is 9.59 Å². The molecular formula is C21H26N2O3. The molecule has 2 N–H and O–H groups in total. The lowest BCUT2D eigenvalue weighted by Crippen LogP contribution is -2.15. The van der Waals surface area contributed by atoms with Crippen LogP contribution < -0.4 is 15.4 Å². The van der Waals surface area contributed by atoms with Gasteiger partial charge in [0.15, 0.2) is 0 Å². The second-order valence-electron chi connectivity index (χ2n) is 6.20. The van der Waals surface area contributed by atoms with Crippen LogP contribution in [-0.2, 0) is 4.79 Å². The van der Waals surface area contributed by atoms with Gasteiger partial charge < -0.3 is 15.4 Å². The molecule has 0 radical (unpaired) electrons. The van der Waals surface area contributed by atoms with Crippen LogP contribution >= 0.6 is 0 Å². The van der Waals surface area contributed by atoms with Crippen LogP contribution in [0.25, 0.3) is 0 Å². The average molecular weight is 354 g/mol. The third-order valence-corrected chi connectivity index (χ3v) is 4.19. The van der Waals surface area contributed by atoms with Gasteiger partial charge in [0, 0.05) is 23.4 Å². The summed E-state index contributed by atoms with van der Waals surface area (Å²) in [4.78, 5) is 24.2. The number of carbonyl (C=O) groups is 2. The molecule has 0 aliphatic carbocycles. The lowest BCUT2D eigenvalue weighted by atomic mass is 10.1. The molecule has 0 aliphatic heterocycles. The van der Waals surface area contributed by atoms with Crippen LogP contribution in [0.2, 0.25) is 0 Å². The van der Waals surface area contributed by atoms with Crippen molar-refractivity contribution in [1.82, 2.24) is 0 Å². The molecule has 0 saturated carbocycles. The minimum absolute atomic E-state index is 0.0635. The van der Waals surface area contributed by atoms with Crippen LogP contribution in [0, 0.1) is 6.92 Å². The number of benzene rings is 2. The van der Waals surface area contributed by atoms with Crippen molar-refractivity contribution in [1.29, 1.82) is 0 Å². The molecule has 1 unspecified atom stereocenters. The molecule has 2 rings (SSSR count). The smallest absolute Gasteiger partial charge is 0.255 e. The first-order valence-electron chi connectivity index (χ1n) is 8.92. The van der Waals surface area contributed by atoms with E-state index in [1.54, 1.807) is 31.2 Å². The van der Waals surface area contributed by atoms with Crippen LogP contribution in [0.15, 0.2) is 42.5 Å². The zero-order valence-corrected chi connectivity index (χ0v) is 15.8. The summed E-state index contributed by atoms with van der Waals surface area (Å²) in [5.41, 5.74) is 2.70. The Morgan fingerprint density at radius 2 is 1.69 bits per heavy atom. The monoisotopic (exact) mass is 354 g/mol. The van der Waals surface area contributed by atoms with Crippen LogP contribution in [0.5, 0.6) is 5.75 Å². The number of carbonyl (C=O) groups excluding carboxylic acids is 2. The molecule has 5 heteroatoms. The third kappa shape index (κ3) is 5.09. The number of hydrogen-bond donors (Lipinski definition) is 2. The van der Waals surface area contributed by atoms with E-state index in [9.17, 15) is 9.59 Å². The van der Waals surface area contributed by atoms with Gasteiger partial charge in [0.2, 0.25) is 5.91 Å². The average Bonchev–Trinajstić information content (AvgIpc) is 2.64. The van der Waals surface area contributed by atoms with Crippen molar-refractivity contribution in [3.8, 4) is 5.75 Å². The van der Waals surface area contributed by atoms with E-state index in [1.165, 1.54) is 0 Å². The summed E-state index contributed by atoms with van der Waals surface area (Å²) in [5, 5.41) is 5.75. The highest BCUT2D eigenvalue weighted by Crippen LogP contribution is 2.24. The molecule has 2 aromatic rings. The van der Waals surface area contributed by atoms with Gasteiger partial charge >= 0.3 is 0 Å². The third-order valence-electron chi connectivity index (χ3n) is 4.19. The number of hydrogen-bond acceptors (Lipinski definition) is 3.